The number of hydrogen-bond acceptors (Lipinski definition) is 1. The van der Waals surface area contributed by atoms with E-state index >= 15 is 0 Å². The minimum Gasteiger partial charge on any atom is -0.393 e. The maximum atomic E-state index is 9.88. The first-order valence-electron chi connectivity index (χ1n) is 5.31. The maximum absolute atomic E-state index is 9.88. The normalized spacial score (nSPS) is 67.8. The van der Waals surface area contributed by atoms with Gasteiger partial charge < -0.3 is 5.11 Å². The van der Waals surface area contributed by atoms with Gasteiger partial charge in [-0.15, -0.1) is 0 Å². The summed E-state index contributed by atoms with van der Waals surface area (Å²) >= 11 is 0. The van der Waals surface area contributed by atoms with Crippen molar-refractivity contribution in [2.75, 3.05) is 0 Å². The molecule has 0 aliphatic heterocycles. The van der Waals surface area contributed by atoms with Crippen LogP contribution in [0.3, 0.4) is 0 Å². The lowest BCUT2D eigenvalue weighted by Crippen LogP contribution is -2.35. The summed E-state index contributed by atoms with van der Waals surface area (Å²) in [5.74, 6) is 3.29. The summed E-state index contributed by atoms with van der Waals surface area (Å²) in [6.07, 6.45) is 3.95. The van der Waals surface area contributed by atoms with Crippen LogP contribution in [-0.4, -0.2) is 11.2 Å². The van der Waals surface area contributed by atoms with E-state index in [0.29, 0.717) is 11.3 Å². The monoisotopic (exact) mass is 166 g/mol. The summed E-state index contributed by atoms with van der Waals surface area (Å²) in [4.78, 5) is 0. The van der Waals surface area contributed by atoms with Crippen molar-refractivity contribution in [3.63, 3.8) is 0 Å². The molecule has 6 atom stereocenters. The number of aliphatic hydroxyl groups is 1. The van der Waals surface area contributed by atoms with E-state index in [2.05, 4.69) is 13.8 Å². The van der Waals surface area contributed by atoms with Crippen LogP contribution < -0.4 is 0 Å². The van der Waals surface area contributed by atoms with Gasteiger partial charge in [0.15, 0.2) is 0 Å². The third-order valence-electron chi connectivity index (χ3n) is 5.24. The molecule has 2 unspecified atom stereocenters. The lowest BCUT2D eigenvalue weighted by Gasteiger charge is -2.39. The van der Waals surface area contributed by atoms with E-state index in [0.717, 1.165) is 24.2 Å². The highest BCUT2D eigenvalue weighted by Gasteiger charge is 2.65. The van der Waals surface area contributed by atoms with Crippen LogP contribution in [-0.2, 0) is 0 Å². The van der Waals surface area contributed by atoms with E-state index in [1.165, 1.54) is 12.8 Å². The lowest BCUT2D eigenvalue weighted by molar-refractivity contribution is 0.0179. The van der Waals surface area contributed by atoms with Gasteiger partial charge in [0, 0.05) is 0 Å². The van der Waals surface area contributed by atoms with Crippen LogP contribution >= 0.6 is 0 Å². The summed E-state index contributed by atoms with van der Waals surface area (Å²) in [6.45, 7) is 4.78. The molecule has 3 saturated carbocycles. The van der Waals surface area contributed by atoms with E-state index in [4.69, 9.17) is 0 Å². The topological polar surface area (TPSA) is 20.2 Å². The fourth-order valence-corrected chi connectivity index (χ4v) is 4.62. The molecule has 3 aliphatic rings. The molecule has 0 saturated heterocycles. The molecule has 1 heteroatoms. The van der Waals surface area contributed by atoms with Gasteiger partial charge in [0.1, 0.15) is 0 Å². The Balaban J connectivity index is 2.03. The van der Waals surface area contributed by atoms with E-state index in [1.807, 2.05) is 0 Å². The van der Waals surface area contributed by atoms with E-state index in [-0.39, 0.29) is 6.10 Å². The van der Waals surface area contributed by atoms with Gasteiger partial charge >= 0.3 is 0 Å². The zero-order valence-corrected chi connectivity index (χ0v) is 7.96. The Labute approximate surface area is 74.2 Å². The second-order valence-corrected chi connectivity index (χ2v) is 5.60. The number of rotatable bonds is 0. The Kier molecular flexibility index (Phi) is 1.16. The minimum atomic E-state index is 0.0451. The smallest absolute Gasteiger partial charge is 0.0579 e. The summed E-state index contributed by atoms with van der Waals surface area (Å²) in [6, 6.07) is 0. The van der Waals surface area contributed by atoms with E-state index in [1.54, 1.807) is 0 Å². The molecule has 0 radical (unpaired) electrons. The van der Waals surface area contributed by atoms with Crippen molar-refractivity contribution in [3.8, 4) is 0 Å². The molecule has 4 bridgehead atoms. The fourth-order valence-electron chi connectivity index (χ4n) is 4.62. The average molecular weight is 166 g/mol. The molecular weight excluding hydrogens is 148 g/mol. The predicted octanol–water partition coefficient (Wildman–Crippen LogP) is 2.05. The van der Waals surface area contributed by atoms with Crippen molar-refractivity contribution in [1.82, 2.24) is 0 Å². The van der Waals surface area contributed by atoms with Crippen LogP contribution in [0.5, 0.6) is 0 Å². The molecule has 0 aromatic rings. The summed E-state index contributed by atoms with van der Waals surface area (Å²) in [7, 11) is 0. The average Bonchev–Trinajstić information content (AvgIpc) is 2.47. The molecule has 0 aromatic heterocycles. The lowest BCUT2D eigenvalue weighted by atomic mass is 9.67. The van der Waals surface area contributed by atoms with Gasteiger partial charge in [0.2, 0.25) is 0 Å². The molecule has 0 spiro atoms. The van der Waals surface area contributed by atoms with E-state index < -0.39 is 0 Å². The number of hydrogen-bond donors (Lipinski definition) is 1. The number of aliphatic hydroxyl groups excluding tert-OH is 1. The molecule has 12 heavy (non-hydrogen) atoms. The standard InChI is InChI=1S/C11H18O/c1-6-3-8-7-4-9(12)10(8)11(6,2)5-7/h6-10,12H,3-5H2,1-2H3/t6-,7-,8?,9-,10-,11?/m0/s1. The zero-order chi connectivity index (χ0) is 8.51. The zero-order valence-electron chi connectivity index (χ0n) is 7.96. The van der Waals surface area contributed by atoms with Crippen LogP contribution in [0.25, 0.3) is 0 Å². The van der Waals surface area contributed by atoms with Crippen molar-refractivity contribution >= 4 is 0 Å². The molecule has 0 aromatic carbocycles. The maximum Gasteiger partial charge on any atom is 0.0579 e. The molecule has 3 fully saturated rings. The second kappa shape index (κ2) is 1.89. The summed E-state index contributed by atoms with van der Waals surface area (Å²) in [5, 5.41) is 9.88. The molecular formula is C11H18O. The molecule has 68 valence electrons. The van der Waals surface area contributed by atoms with Crippen LogP contribution in [0.15, 0.2) is 0 Å². The Morgan fingerprint density at radius 3 is 2.67 bits per heavy atom. The van der Waals surface area contributed by atoms with Crippen molar-refractivity contribution in [1.29, 1.82) is 0 Å². The molecule has 0 amide bonds. The first-order valence-corrected chi connectivity index (χ1v) is 5.31. The largest absolute Gasteiger partial charge is 0.393 e. The highest BCUT2D eigenvalue weighted by molar-refractivity contribution is 5.13. The van der Waals surface area contributed by atoms with Crippen LogP contribution in [0.1, 0.15) is 33.1 Å². The van der Waals surface area contributed by atoms with Crippen LogP contribution in [0, 0.1) is 29.1 Å². The molecule has 1 N–H and O–H groups in total. The van der Waals surface area contributed by atoms with Gasteiger partial charge in [0.25, 0.3) is 0 Å². The first-order chi connectivity index (χ1) is 5.63. The highest BCUT2D eigenvalue weighted by Crippen LogP contribution is 2.69. The van der Waals surface area contributed by atoms with Crippen molar-refractivity contribution in [2.45, 2.75) is 39.2 Å². The first kappa shape index (κ1) is 7.37. The van der Waals surface area contributed by atoms with Gasteiger partial charge in [-0.2, -0.15) is 0 Å². The van der Waals surface area contributed by atoms with Crippen LogP contribution in [0.2, 0.25) is 0 Å². The summed E-state index contributed by atoms with van der Waals surface area (Å²) in [5.41, 5.74) is 0.507. The Morgan fingerprint density at radius 2 is 2.08 bits per heavy atom. The minimum absolute atomic E-state index is 0.0451. The van der Waals surface area contributed by atoms with Crippen molar-refractivity contribution < 1.29 is 5.11 Å². The fraction of sp³-hybridized carbons (Fsp3) is 1.00. The third kappa shape index (κ3) is 0.585. The molecule has 0 heterocycles. The Bertz CT molecular complexity index is 225. The van der Waals surface area contributed by atoms with Gasteiger partial charge in [-0.1, -0.05) is 13.8 Å². The van der Waals surface area contributed by atoms with Crippen LogP contribution in [0.4, 0.5) is 0 Å². The molecule has 1 nitrogen and oxygen atoms in total. The van der Waals surface area contributed by atoms with Gasteiger partial charge in [-0.05, 0) is 48.3 Å². The van der Waals surface area contributed by atoms with E-state index in [9.17, 15) is 5.11 Å². The quantitative estimate of drug-likeness (QED) is 0.584. The predicted molar refractivity (Wildman–Crippen MR) is 47.6 cm³/mol. The highest BCUT2D eigenvalue weighted by atomic mass is 16.3. The van der Waals surface area contributed by atoms with Gasteiger partial charge in [0.05, 0.1) is 6.10 Å². The van der Waals surface area contributed by atoms with Gasteiger partial charge in [-0.3, -0.25) is 0 Å². The van der Waals surface area contributed by atoms with Crippen molar-refractivity contribution in [3.05, 3.63) is 0 Å². The second-order valence-electron chi connectivity index (χ2n) is 5.60. The van der Waals surface area contributed by atoms with Crippen molar-refractivity contribution in [2.24, 2.45) is 29.1 Å². The SMILES string of the molecule is C[C@H]1CC2[C@H]3C[C@H](O)[C@H]2C1(C)C3. The molecule has 3 rings (SSSR count). The van der Waals surface area contributed by atoms with Gasteiger partial charge in [-0.25, -0.2) is 0 Å². The Hall–Kier alpha value is -0.0400. The molecule has 3 aliphatic carbocycles. The Morgan fingerprint density at radius 1 is 1.33 bits per heavy atom. The summed E-state index contributed by atoms with van der Waals surface area (Å²) < 4.78 is 0. The third-order valence-corrected chi connectivity index (χ3v) is 5.24.